The Kier molecular flexibility index (Phi) is 3.63. The van der Waals surface area contributed by atoms with E-state index >= 15 is 0 Å². The van der Waals surface area contributed by atoms with Crippen molar-refractivity contribution in [3.05, 3.63) is 65.2 Å². The highest BCUT2D eigenvalue weighted by atomic mass is 16.5. The fourth-order valence-corrected chi connectivity index (χ4v) is 4.40. The number of fused-ring (bicyclic) bond motifs is 3. The third-order valence-electron chi connectivity index (χ3n) is 5.45. The van der Waals surface area contributed by atoms with Crippen molar-refractivity contribution in [3.8, 4) is 5.75 Å². The van der Waals surface area contributed by atoms with E-state index in [9.17, 15) is 0 Å². The number of rotatable bonds is 3. The molecule has 2 aromatic carbocycles. The van der Waals surface area contributed by atoms with E-state index in [4.69, 9.17) is 4.74 Å². The Morgan fingerprint density at radius 3 is 2.77 bits per heavy atom. The van der Waals surface area contributed by atoms with Gasteiger partial charge in [0.2, 0.25) is 0 Å². The second-order valence-corrected chi connectivity index (χ2v) is 6.54. The van der Waals surface area contributed by atoms with Crippen molar-refractivity contribution in [1.82, 2.24) is 5.32 Å². The summed E-state index contributed by atoms with van der Waals surface area (Å²) < 4.78 is 5.56. The molecule has 3 atom stereocenters. The van der Waals surface area contributed by atoms with Crippen LogP contribution in [-0.2, 0) is 12.8 Å². The molecule has 0 amide bonds. The predicted octanol–water partition coefficient (Wildman–Crippen LogP) is 3.56. The van der Waals surface area contributed by atoms with Gasteiger partial charge in [0, 0.05) is 18.5 Å². The van der Waals surface area contributed by atoms with Gasteiger partial charge in [-0.2, -0.15) is 0 Å². The van der Waals surface area contributed by atoms with E-state index in [1.165, 1.54) is 23.1 Å². The molecule has 1 aliphatic carbocycles. The standard InChI is InChI=1S/C20H23NO/c1-22-20-9-5-8-15-17(20)11-10-16-18(15)13-21-19(16)12-14-6-3-2-4-7-14/h2-9,16,18-19,21H,10-13H2,1H3. The van der Waals surface area contributed by atoms with Crippen LogP contribution in [0.25, 0.3) is 0 Å². The number of hydrogen-bond acceptors (Lipinski definition) is 2. The zero-order valence-corrected chi connectivity index (χ0v) is 13.1. The zero-order valence-electron chi connectivity index (χ0n) is 13.1. The molecule has 0 spiro atoms. The Balaban J connectivity index is 1.58. The third-order valence-corrected chi connectivity index (χ3v) is 5.45. The summed E-state index contributed by atoms with van der Waals surface area (Å²) in [6.07, 6.45) is 3.55. The van der Waals surface area contributed by atoms with Gasteiger partial charge in [-0.3, -0.25) is 0 Å². The van der Waals surface area contributed by atoms with E-state index in [0.29, 0.717) is 12.0 Å². The first-order chi connectivity index (χ1) is 10.9. The van der Waals surface area contributed by atoms with Crippen LogP contribution in [0.4, 0.5) is 0 Å². The molecule has 2 aromatic rings. The van der Waals surface area contributed by atoms with Crippen molar-refractivity contribution in [2.24, 2.45) is 5.92 Å². The molecule has 0 bridgehead atoms. The lowest BCUT2D eigenvalue weighted by molar-refractivity contribution is 0.359. The van der Waals surface area contributed by atoms with Crippen LogP contribution in [0.3, 0.4) is 0 Å². The molecule has 0 radical (unpaired) electrons. The normalized spacial score (nSPS) is 26.3. The van der Waals surface area contributed by atoms with Gasteiger partial charge < -0.3 is 10.1 Å². The highest BCUT2D eigenvalue weighted by molar-refractivity contribution is 5.45. The van der Waals surface area contributed by atoms with Crippen molar-refractivity contribution >= 4 is 0 Å². The van der Waals surface area contributed by atoms with E-state index in [2.05, 4.69) is 53.8 Å². The molecular formula is C20H23NO. The highest BCUT2D eigenvalue weighted by Gasteiger charge is 2.40. The zero-order chi connectivity index (χ0) is 14.9. The fourth-order valence-electron chi connectivity index (χ4n) is 4.40. The molecule has 0 saturated carbocycles. The molecule has 1 aliphatic heterocycles. The fraction of sp³-hybridized carbons (Fsp3) is 0.400. The first kappa shape index (κ1) is 13.8. The monoisotopic (exact) mass is 293 g/mol. The average molecular weight is 293 g/mol. The molecular weight excluding hydrogens is 270 g/mol. The lowest BCUT2D eigenvalue weighted by atomic mass is 9.73. The molecule has 1 N–H and O–H groups in total. The van der Waals surface area contributed by atoms with Crippen molar-refractivity contribution in [1.29, 1.82) is 0 Å². The second-order valence-electron chi connectivity index (χ2n) is 6.54. The van der Waals surface area contributed by atoms with Gasteiger partial charge in [-0.15, -0.1) is 0 Å². The van der Waals surface area contributed by atoms with Crippen LogP contribution in [0.15, 0.2) is 48.5 Å². The summed E-state index contributed by atoms with van der Waals surface area (Å²) in [5.74, 6) is 2.47. The summed E-state index contributed by atoms with van der Waals surface area (Å²) in [5, 5.41) is 3.78. The molecule has 114 valence electrons. The molecule has 22 heavy (non-hydrogen) atoms. The molecule has 0 aromatic heterocycles. The van der Waals surface area contributed by atoms with Crippen molar-refractivity contribution < 1.29 is 4.74 Å². The lowest BCUT2D eigenvalue weighted by Gasteiger charge is -2.31. The maximum absolute atomic E-state index is 5.56. The SMILES string of the molecule is COc1cccc2c1CCC1C(Cc3ccccc3)NCC21. The molecule has 2 nitrogen and oxygen atoms in total. The van der Waals surface area contributed by atoms with E-state index in [-0.39, 0.29) is 0 Å². The minimum absolute atomic E-state index is 0.603. The highest BCUT2D eigenvalue weighted by Crippen LogP contribution is 2.44. The Morgan fingerprint density at radius 1 is 1.09 bits per heavy atom. The third kappa shape index (κ3) is 2.32. The number of nitrogens with one attached hydrogen (secondary N) is 1. The summed E-state index contributed by atoms with van der Waals surface area (Å²) in [5.41, 5.74) is 4.39. The van der Waals surface area contributed by atoms with Crippen LogP contribution in [-0.4, -0.2) is 19.7 Å². The Morgan fingerprint density at radius 2 is 1.95 bits per heavy atom. The molecule has 1 heterocycles. The van der Waals surface area contributed by atoms with E-state index in [1.807, 2.05) is 0 Å². The molecule has 2 heteroatoms. The maximum atomic E-state index is 5.56. The topological polar surface area (TPSA) is 21.3 Å². The van der Waals surface area contributed by atoms with Gasteiger partial charge in [-0.25, -0.2) is 0 Å². The van der Waals surface area contributed by atoms with Gasteiger partial charge in [0.25, 0.3) is 0 Å². The van der Waals surface area contributed by atoms with Gasteiger partial charge in [-0.05, 0) is 47.9 Å². The molecule has 1 saturated heterocycles. The quantitative estimate of drug-likeness (QED) is 0.934. The van der Waals surface area contributed by atoms with Gasteiger partial charge in [-0.1, -0.05) is 42.5 Å². The maximum Gasteiger partial charge on any atom is 0.122 e. The lowest BCUT2D eigenvalue weighted by Crippen LogP contribution is -2.31. The largest absolute Gasteiger partial charge is 0.496 e. The van der Waals surface area contributed by atoms with Crippen LogP contribution in [0.5, 0.6) is 5.75 Å². The van der Waals surface area contributed by atoms with Crippen LogP contribution >= 0.6 is 0 Å². The van der Waals surface area contributed by atoms with E-state index in [0.717, 1.165) is 31.1 Å². The molecule has 1 fully saturated rings. The Hall–Kier alpha value is -1.80. The molecule has 4 rings (SSSR count). The van der Waals surface area contributed by atoms with E-state index < -0.39 is 0 Å². The summed E-state index contributed by atoms with van der Waals surface area (Å²) >= 11 is 0. The number of ether oxygens (including phenoxy) is 1. The van der Waals surface area contributed by atoms with Crippen LogP contribution in [0, 0.1) is 5.92 Å². The Labute approximate surface area is 132 Å². The summed E-state index contributed by atoms with van der Waals surface area (Å²) in [6, 6.07) is 18.0. The minimum atomic E-state index is 0.603. The molecule has 2 aliphatic rings. The average Bonchev–Trinajstić information content (AvgIpc) is 2.98. The van der Waals surface area contributed by atoms with Crippen LogP contribution < -0.4 is 10.1 Å². The number of methoxy groups -OCH3 is 1. The first-order valence-corrected chi connectivity index (χ1v) is 8.30. The van der Waals surface area contributed by atoms with Gasteiger partial charge >= 0.3 is 0 Å². The number of benzene rings is 2. The minimum Gasteiger partial charge on any atom is -0.496 e. The second kappa shape index (κ2) is 5.77. The van der Waals surface area contributed by atoms with Gasteiger partial charge in [0.05, 0.1) is 7.11 Å². The van der Waals surface area contributed by atoms with Gasteiger partial charge in [0.1, 0.15) is 5.75 Å². The number of hydrogen-bond donors (Lipinski definition) is 1. The smallest absolute Gasteiger partial charge is 0.122 e. The van der Waals surface area contributed by atoms with Crippen molar-refractivity contribution in [2.45, 2.75) is 31.2 Å². The van der Waals surface area contributed by atoms with Gasteiger partial charge in [0.15, 0.2) is 0 Å². The van der Waals surface area contributed by atoms with Crippen molar-refractivity contribution in [3.63, 3.8) is 0 Å². The van der Waals surface area contributed by atoms with Crippen LogP contribution in [0.2, 0.25) is 0 Å². The van der Waals surface area contributed by atoms with E-state index in [1.54, 1.807) is 7.11 Å². The summed E-state index contributed by atoms with van der Waals surface area (Å²) in [6.45, 7) is 1.10. The van der Waals surface area contributed by atoms with Crippen LogP contribution in [0.1, 0.15) is 29.0 Å². The predicted molar refractivity (Wildman–Crippen MR) is 89.5 cm³/mol. The molecule has 3 unspecified atom stereocenters. The summed E-state index contributed by atoms with van der Waals surface area (Å²) in [7, 11) is 1.78. The van der Waals surface area contributed by atoms with Crippen molar-refractivity contribution in [2.75, 3.05) is 13.7 Å². The Bertz CT molecular complexity index is 652. The summed E-state index contributed by atoms with van der Waals surface area (Å²) in [4.78, 5) is 0. The first-order valence-electron chi connectivity index (χ1n) is 8.30.